The SMILES string of the molecule is CO[C@H]1O[C@@H]2CO[C@H](c3ccccc3)O[C@@H]2[C@H](OC(=O)c2ccccc2)[C@H]1O. The van der Waals surface area contributed by atoms with Gasteiger partial charge in [0.2, 0.25) is 0 Å². The Labute approximate surface area is 162 Å². The van der Waals surface area contributed by atoms with Gasteiger partial charge in [-0.25, -0.2) is 4.79 Å². The van der Waals surface area contributed by atoms with Crippen LogP contribution in [0, 0.1) is 0 Å². The Balaban J connectivity index is 1.56. The van der Waals surface area contributed by atoms with E-state index in [4.69, 9.17) is 23.7 Å². The largest absolute Gasteiger partial charge is 0.453 e. The van der Waals surface area contributed by atoms with E-state index in [2.05, 4.69) is 0 Å². The van der Waals surface area contributed by atoms with Gasteiger partial charge in [0, 0.05) is 12.7 Å². The molecule has 2 aromatic rings. The number of carbonyl (C=O) groups excluding carboxylic acids is 1. The average molecular weight is 386 g/mol. The lowest BCUT2D eigenvalue weighted by Crippen LogP contribution is -2.63. The third-order valence-electron chi connectivity index (χ3n) is 4.86. The molecular weight excluding hydrogens is 364 g/mol. The van der Waals surface area contributed by atoms with Gasteiger partial charge in [0.05, 0.1) is 12.2 Å². The Kier molecular flexibility index (Phi) is 5.70. The van der Waals surface area contributed by atoms with Gasteiger partial charge in [0.15, 0.2) is 18.7 Å². The zero-order valence-electron chi connectivity index (χ0n) is 15.3. The lowest BCUT2D eigenvalue weighted by Gasteiger charge is -2.47. The van der Waals surface area contributed by atoms with Crippen LogP contribution in [0.15, 0.2) is 60.7 Å². The number of fused-ring (bicyclic) bond motifs is 1. The highest BCUT2D eigenvalue weighted by Crippen LogP contribution is 2.35. The summed E-state index contributed by atoms with van der Waals surface area (Å²) in [6.07, 6.45) is -5.00. The van der Waals surface area contributed by atoms with Crippen molar-refractivity contribution in [2.45, 2.75) is 37.0 Å². The summed E-state index contributed by atoms with van der Waals surface area (Å²) in [6, 6.07) is 18.0. The maximum Gasteiger partial charge on any atom is 0.338 e. The second kappa shape index (κ2) is 8.38. The summed E-state index contributed by atoms with van der Waals surface area (Å²) in [5, 5.41) is 10.7. The van der Waals surface area contributed by atoms with E-state index in [9.17, 15) is 9.90 Å². The molecule has 0 spiro atoms. The zero-order chi connectivity index (χ0) is 19.5. The van der Waals surface area contributed by atoms with Crippen LogP contribution in [0.4, 0.5) is 0 Å². The predicted octanol–water partition coefficient (Wildman–Crippen LogP) is 2.06. The Morgan fingerprint density at radius 2 is 1.71 bits per heavy atom. The van der Waals surface area contributed by atoms with Crippen molar-refractivity contribution in [2.24, 2.45) is 0 Å². The fourth-order valence-corrected chi connectivity index (χ4v) is 3.44. The minimum absolute atomic E-state index is 0.218. The Morgan fingerprint density at radius 3 is 2.39 bits per heavy atom. The quantitative estimate of drug-likeness (QED) is 0.806. The Bertz CT molecular complexity index is 782. The van der Waals surface area contributed by atoms with Gasteiger partial charge in [0.1, 0.15) is 18.3 Å². The first-order chi connectivity index (χ1) is 13.7. The summed E-state index contributed by atoms with van der Waals surface area (Å²) in [6.45, 7) is 0.218. The summed E-state index contributed by atoms with van der Waals surface area (Å²) >= 11 is 0. The first-order valence-corrected chi connectivity index (χ1v) is 9.11. The summed E-state index contributed by atoms with van der Waals surface area (Å²) < 4.78 is 28.4. The van der Waals surface area contributed by atoms with Crippen LogP contribution < -0.4 is 0 Å². The number of aliphatic hydroxyl groups excluding tert-OH is 1. The number of aliphatic hydroxyl groups is 1. The molecule has 7 heteroatoms. The minimum Gasteiger partial charge on any atom is -0.453 e. The molecule has 28 heavy (non-hydrogen) atoms. The molecule has 2 aliphatic heterocycles. The van der Waals surface area contributed by atoms with E-state index in [0.29, 0.717) is 5.56 Å². The normalized spacial score (nSPS) is 32.4. The maximum atomic E-state index is 12.6. The van der Waals surface area contributed by atoms with E-state index >= 15 is 0 Å². The van der Waals surface area contributed by atoms with Crippen LogP contribution in [-0.2, 0) is 23.7 Å². The number of ether oxygens (including phenoxy) is 5. The number of hydrogen-bond donors (Lipinski definition) is 1. The third-order valence-corrected chi connectivity index (χ3v) is 4.86. The zero-order valence-corrected chi connectivity index (χ0v) is 15.3. The van der Waals surface area contributed by atoms with Crippen molar-refractivity contribution in [3.63, 3.8) is 0 Å². The van der Waals surface area contributed by atoms with Gasteiger partial charge in [0.25, 0.3) is 0 Å². The molecule has 0 saturated carbocycles. The van der Waals surface area contributed by atoms with Crippen molar-refractivity contribution in [1.82, 2.24) is 0 Å². The van der Waals surface area contributed by atoms with Crippen LogP contribution in [0.1, 0.15) is 22.2 Å². The molecule has 0 aliphatic carbocycles. The molecule has 4 rings (SSSR count). The highest BCUT2D eigenvalue weighted by atomic mass is 16.8. The average Bonchev–Trinajstić information content (AvgIpc) is 2.76. The smallest absolute Gasteiger partial charge is 0.338 e. The molecule has 0 amide bonds. The van der Waals surface area contributed by atoms with E-state index in [1.165, 1.54) is 7.11 Å². The van der Waals surface area contributed by atoms with Crippen molar-refractivity contribution < 1.29 is 33.6 Å². The molecule has 6 atom stereocenters. The lowest BCUT2D eigenvalue weighted by atomic mass is 9.97. The number of esters is 1. The van der Waals surface area contributed by atoms with Crippen LogP contribution in [0.2, 0.25) is 0 Å². The van der Waals surface area contributed by atoms with Gasteiger partial charge in [-0.1, -0.05) is 48.5 Å². The molecule has 1 N–H and O–H groups in total. The maximum absolute atomic E-state index is 12.6. The minimum atomic E-state index is -1.20. The second-order valence-corrected chi connectivity index (χ2v) is 6.68. The summed E-state index contributed by atoms with van der Waals surface area (Å²) in [4.78, 5) is 12.6. The monoisotopic (exact) mass is 386 g/mol. The van der Waals surface area contributed by atoms with Crippen LogP contribution >= 0.6 is 0 Å². The number of rotatable bonds is 4. The standard InChI is InChI=1S/C21H22O7/c1-24-21-16(22)18(27-19(23)13-8-4-2-5-9-13)17-15(26-21)12-25-20(28-17)14-10-6-3-7-11-14/h2-11,15-18,20-22H,12H2,1H3/t15-,16-,17+,18-,20+,21+/m1/s1. The van der Waals surface area contributed by atoms with Crippen molar-refractivity contribution in [1.29, 1.82) is 0 Å². The molecule has 2 heterocycles. The molecule has 0 radical (unpaired) electrons. The molecule has 148 valence electrons. The molecule has 2 aromatic carbocycles. The topological polar surface area (TPSA) is 83.5 Å². The van der Waals surface area contributed by atoms with Gasteiger partial charge in [-0.05, 0) is 12.1 Å². The third kappa shape index (κ3) is 3.80. The highest BCUT2D eigenvalue weighted by Gasteiger charge is 2.51. The number of carbonyl (C=O) groups is 1. The van der Waals surface area contributed by atoms with Crippen LogP contribution in [0.25, 0.3) is 0 Å². The predicted molar refractivity (Wildman–Crippen MR) is 97.3 cm³/mol. The van der Waals surface area contributed by atoms with E-state index in [-0.39, 0.29) is 6.61 Å². The number of hydrogen-bond acceptors (Lipinski definition) is 7. The molecular formula is C21H22O7. The first kappa shape index (κ1) is 19.0. The van der Waals surface area contributed by atoms with Gasteiger partial charge in [-0.2, -0.15) is 0 Å². The van der Waals surface area contributed by atoms with Gasteiger partial charge >= 0.3 is 5.97 Å². The molecule has 7 nitrogen and oxygen atoms in total. The van der Waals surface area contributed by atoms with E-state index < -0.39 is 43.0 Å². The Morgan fingerprint density at radius 1 is 1.04 bits per heavy atom. The lowest BCUT2D eigenvalue weighted by molar-refractivity contribution is -0.357. The molecule has 0 aromatic heterocycles. The second-order valence-electron chi connectivity index (χ2n) is 6.68. The van der Waals surface area contributed by atoms with Crippen LogP contribution in [0.3, 0.4) is 0 Å². The van der Waals surface area contributed by atoms with E-state index in [1.54, 1.807) is 24.3 Å². The van der Waals surface area contributed by atoms with E-state index in [1.807, 2.05) is 36.4 Å². The number of methoxy groups -OCH3 is 1. The van der Waals surface area contributed by atoms with Gasteiger partial charge < -0.3 is 28.8 Å². The highest BCUT2D eigenvalue weighted by molar-refractivity contribution is 5.89. The summed E-state index contributed by atoms with van der Waals surface area (Å²) in [5.41, 5.74) is 1.22. The fourth-order valence-electron chi connectivity index (χ4n) is 3.44. The van der Waals surface area contributed by atoms with E-state index in [0.717, 1.165) is 5.56 Å². The molecule has 2 aliphatic rings. The first-order valence-electron chi connectivity index (χ1n) is 9.11. The molecule has 2 saturated heterocycles. The fraction of sp³-hybridized carbons (Fsp3) is 0.381. The molecule has 0 bridgehead atoms. The van der Waals surface area contributed by atoms with Crippen molar-refractivity contribution >= 4 is 5.97 Å². The van der Waals surface area contributed by atoms with Crippen molar-refractivity contribution in [2.75, 3.05) is 13.7 Å². The van der Waals surface area contributed by atoms with Crippen molar-refractivity contribution in [3.05, 3.63) is 71.8 Å². The van der Waals surface area contributed by atoms with Crippen LogP contribution in [0.5, 0.6) is 0 Å². The molecule has 0 unspecified atom stereocenters. The summed E-state index contributed by atoms with van der Waals surface area (Å²) in [5.74, 6) is -0.550. The Hall–Kier alpha value is -2.29. The van der Waals surface area contributed by atoms with Gasteiger partial charge in [-0.15, -0.1) is 0 Å². The summed E-state index contributed by atoms with van der Waals surface area (Å²) in [7, 11) is 1.42. The van der Waals surface area contributed by atoms with Crippen molar-refractivity contribution in [3.8, 4) is 0 Å². The number of benzene rings is 2. The van der Waals surface area contributed by atoms with Gasteiger partial charge in [-0.3, -0.25) is 0 Å². The molecule has 2 fully saturated rings. The van der Waals surface area contributed by atoms with Crippen LogP contribution in [-0.4, -0.2) is 55.5 Å².